The largest absolute Gasteiger partial charge is 0.497 e. The molecule has 2 aromatic rings. The molecule has 0 radical (unpaired) electrons. The molecule has 1 atom stereocenters. The maximum atomic E-state index is 14.1. The highest BCUT2D eigenvalue weighted by molar-refractivity contribution is 7.12. The lowest BCUT2D eigenvalue weighted by atomic mass is 9.98. The average molecular weight is 311 g/mol. The number of fused-ring (bicyclic) bond motifs is 1. The lowest BCUT2D eigenvalue weighted by Crippen LogP contribution is -1.97. The van der Waals surface area contributed by atoms with Crippen molar-refractivity contribution in [2.24, 2.45) is 0 Å². The van der Waals surface area contributed by atoms with Gasteiger partial charge in [-0.3, -0.25) is 0 Å². The van der Waals surface area contributed by atoms with Gasteiger partial charge in [0.2, 0.25) is 0 Å². The van der Waals surface area contributed by atoms with E-state index >= 15 is 0 Å². The fourth-order valence-electron chi connectivity index (χ4n) is 2.63. The van der Waals surface area contributed by atoms with Gasteiger partial charge in [0.25, 0.3) is 0 Å². The van der Waals surface area contributed by atoms with Crippen molar-refractivity contribution in [1.29, 1.82) is 0 Å². The second kappa shape index (κ2) is 5.74. The van der Waals surface area contributed by atoms with Gasteiger partial charge in [-0.15, -0.1) is 22.9 Å². The molecule has 0 aliphatic heterocycles. The van der Waals surface area contributed by atoms with Crippen molar-refractivity contribution < 1.29 is 9.13 Å². The number of halogens is 2. The molecule has 0 spiro atoms. The van der Waals surface area contributed by atoms with Crippen LogP contribution in [-0.2, 0) is 12.8 Å². The van der Waals surface area contributed by atoms with Gasteiger partial charge in [0.1, 0.15) is 11.6 Å². The maximum Gasteiger partial charge on any atom is 0.131 e. The Morgan fingerprint density at radius 1 is 1.25 bits per heavy atom. The molecule has 1 nitrogen and oxygen atoms in total. The first-order valence-electron chi connectivity index (χ1n) is 6.78. The molecule has 0 bridgehead atoms. The standard InChI is InChI=1S/C16H16ClFOS/c1-19-11-6-7-12(13(18)9-11)16(17)15-8-10-4-2-3-5-14(10)20-15/h6-9,16H,2-5H2,1H3. The molecular weight excluding hydrogens is 295 g/mol. The van der Waals surface area contributed by atoms with Crippen LogP contribution in [0.5, 0.6) is 5.75 Å². The third-order valence-electron chi connectivity index (χ3n) is 3.75. The van der Waals surface area contributed by atoms with E-state index in [1.165, 1.54) is 36.5 Å². The van der Waals surface area contributed by atoms with Crippen molar-refractivity contribution in [3.8, 4) is 5.75 Å². The Balaban J connectivity index is 1.92. The predicted octanol–water partition coefficient (Wildman–Crippen LogP) is 5.10. The van der Waals surface area contributed by atoms with Gasteiger partial charge < -0.3 is 4.74 Å². The van der Waals surface area contributed by atoms with Gasteiger partial charge in [0.05, 0.1) is 12.5 Å². The Hall–Kier alpha value is -1.06. The number of hydrogen-bond acceptors (Lipinski definition) is 2. The van der Waals surface area contributed by atoms with Crippen molar-refractivity contribution >= 4 is 22.9 Å². The topological polar surface area (TPSA) is 9.23 Å². The summed E-state index contributed by atoms with van der Waals surface area (Å²) in [5.41, 5.74) is 1.92. The lowest BCUT2D eigenvalue weighted by Gasteiger charge is -2.10. The van der Waals surface area contributed by atoms with E-state index in [2.05, 4.69) is 6.07 Å². The van der Waals surface area contributed by atoms with Crippen LogP contribution in [0.3, 0.4) is 0 Å². The summed E-state index contributed by atoms with van der Waals surface area (Å²) < 4.78 is 19.1. The van der Waals surface area contributed by atoms with Crippen molar-refractivity contribution in [3.63, 3.8) is 0 Å². The zero-order valence-electron chi connectivity index (χ0n) is 11.3. The number of hydrogen-bond donors (Lipinski definition) is 0. The van der Waals surface area contributed by atoms with Crippen LogP contribution in [0.1, 0.15) is 39.1 Å². The Labute approximate surface area is 127 Å². The summed E-state index contributed by atoms with van der Waals surface area (Å²) in [5, 5.41) is -0.420. The summed E-state index contributed by atoms with van der Waals surface area (Å²) in [4.78, 5) is 2.47. The third-order valence-corrected chi connectivity index (χ3v) is 5.65. The molecule has 4 heteroatoms. The van der Waals surface area contributed by atoms with Crippen molar-refractivity contribution in [3.05, 3.63) is 51.0 Å². The van der Waals surface area contributed by atoms with Gasteiger partial charge in [-0.2, -0.15) is 0 Å². The van der Waals surface area contributed by atoms with Crippen LogP contribution >= 0.6 is 22.9 Å². The van der Waals surface area contributed by atoms with Crippen molar-refractivity contribution in [1.82, 2.24) is 0 Å². The lowest BCUT2D eigenvalue weighted by molar-refractivity contribution is 0.411. The van der Waals surface area contributed by atoms with E-state index in [1.807, 2.05) is 0 Å². The first-order chi connectivity index (χ1) is 9.69. The van der Waals surface area contributed by atoms with Crippen LogP contribution in [0.25, 0.3) is 0 Å². The molecular formula is C16H16ClFOS. The maximum absolute atomic E-state index is 14.1. The molecule has 0 fully saturated rings. The Kier molecular flexibility index (Phi) is 3.99. The summed E-state index contributed by atoms with van der Waals surface area (Å²) in [5.74, 6) is 0.205. The summed E-state index contributed by atoms with van der Waals surface area (Å²) >= 11 is 8.21. The van der Waals surface area contributed by atoms with Crippen molar-refractivity contribution in [2.45, 2.75) is 31.1 Å². The summed E-state index contributed by atoms with van der Waals surface area (Å²) in [7, 11) is 1.53. The van der Waals surface area contributed by atoms with Gasteiger partial charge in [0, 0.05) is 21.4 Å². The first-order valence-corrected chi connectivity index (χ1v) is 8.03. The minimum absolute atomic E-state index is 0.310. The molecule has 3 rings (SSSR count). The first kappa shape index (κ1) is 13.9. The smallest absolute Gasteiger partial charge is 0.131 e. The number of thiophene rings is 1. The Morgan fingerprint density at radius 2 is 2.05 bits per heavy atom. The minimum atomic E-state index is -0.420. The van der Waals surface area contributed by atoms with E-state index in [4.69, 9.17) is 16.3 Å². The van der Waals surface area contributed by atoms with Crippen molar-refractivity contribution in [2.75, 3.05) is 7.11 Å². The normalized spacial score (nSPS) is 15.8. The molecule has 106 valence electrons. The number of alkyl halides is 1. The molecule has 1 aliphatic carbocycles. The van der Waals surface area contributed by atoms with Gasteiger partial charge in [-0.05, 0) is 43.4 Å². The predicted molar refractivity (Wildman–Crippen MR) is 81.6 cm³/mol. The highest BCUT2D eigenvalue weighted by Gasteiger charge is 2.21. The molecule has 1 aliphatic rings. The zero-order chi connectivity index (χ0) is 14.1. The molecule has 0 N–H and O–H groups in total. The van der Waals surface area contributed by atoms with E-state index in [1.54, 1.807) is 23.5 Å². The second-order valence-corrected chi connectivity index (χ2v) is 6.66. The van der Waals surface area contributed by atoms with Gasteiger partial charge >= 0.3 is 0 Å². The molecule has 0 amide bonds. The number of ether oxygens (including phenoxy) is 1. The molecule has 20 heavy (non-hydrogen) atoms. The molecule has 1 unspecified atom stereocenters. The molecule has 0 saturated carbocycles. The number of benzene rings is 1. The molecule has 0 saturated heterocycles. The molecule has 1 heterocycles. The average Bonchev–Trinajstić information content (AvgIpc) is 2.90. The minimum Gasteiger partial charge on any atom is -0.497 e. The highest BCUT2D eigenvalue weighted by Crippen LogP contribution is 2.39. The van der Waals surface area contributed by atoms with Gasteiger partial charge in [-0.25, -0.2) is 4.39 Å². The van der Waals surface area contributed by atoms with Crippen LogP contribution in [0.2, 0.25) is 0 Å². The molecule has 1 aromatic heterocycles. The van der Waals surface area contributed by atoms with E-state index in [0.29, 0.717) is 11.3 Å². The fourth-order valence-corrected chi connectivity index (χ4v) is 4.26. The number of rotatable bonds is 3. The van der Waals surface area contributed by atoms with Crippen LogP contribution in [-0.4, -0.2) is 7.11 Å². The number of methoxy groups -OCH3 is 1. The summed E-state index contributed by atoms with van der Waals surface area (Å²) in [6.07, 6.45) is 4.75. The summed E-state index contributed by atoms with van der Waals surface area (Å²) in [6, 6.07) is 7.00. The van der Waals surface area contributed by atoms with E-state index in [9.17, 15) is 4.39 Å². The van der Waals surface area contributed by atoms with E-state index in [0.717, 1.165) is 17.7 Å². The Morgan fingerprint density at radius 3 is 2.75 bits per heavy atom. The van der Waals surface area contributed by atoms with Crippen LogP contribution < -0.4 is 4.74 Å². The van der Waals surface area contributed by atoms with E-state index < -0.39 is 5.38 Å². The van der Waals surface area contributed by atoms with E-state index in [-0.39, 0.29) is 5.82 Å². The van der Waals surface area contributed by atoms with Crippen LogP contribution in [0.15, 0.2) is 24.3 Å². The molecule has 1 aromatic carbocycles. The Bertz CT molecular complexity index is 599. The monoisotopic (exact) mass is 310 g/mol. The van der Waals surface area contributed by atoms with Gasteiger partial charge in [0.15, 0.2) is 0 Å². The number of aryl methyl sites for hydroxylation is 2. The highest BCUT2D eigenvalue weighted by atomic mass is 35.5. The fraction of sp³-hybridized carbons (Fsp3) is 0.375. The van der Waals surface area contributed by atoms with Crippen LogP contribution in [0, 0.1) is 5.82 Å². The van der Waals surface area contributed by atoms with Gasteiger partial charge in [-0.1, -0.05) is 6.07 Å². The summed E-state index contributed by atoms with van der Waals surface area (Å²) in [6.45, 7) is 0. The zero-order valence-corrected chi connectivity index (χ0v) is 12.9. The quantitative estimate of drug-likeness (QED) is 0.716. The SMILES string of the molecule is COc1ccc(C(Cl)c2cc3c(s2)CCCC3)c(F)c1. The second-order valence-electron chi connectivity index (χ2n) is 5.05. The third kappa shape index (κ3) is 2.57. The van der Waals surface area contributed by atoms with Crippen LogP contribution in [0.4, 0.5) is 4.39 Å².